The molecule has 82 valence electrons. The zero-order valence-electron chi connectivity index (χ0n) is 8.75. The summed E-state index contributed by atoms with van der Waals surface area (Å²) >= 11 is 0. The second-order valence-electron chi connectivity index (χ2n) is 3.50. The van der Waals surface area contributed by atoms with Gasteiger partial charge in [-0.15, -0.1) is 0 Å². The van der Waals surface area contributed by atoms with Crippen molar-refractivity contribution in [2.24, 2.45) is 5.41 Å². The van der Waals surface area contributed by atoms with Crippen LogP contribution in [0.3, 0.4) is 0 Å². The molecule has 4 nitrogen and oxygen atoms in total. The van der Waals surface area contributed by atoms with Crippen LogP contribution < -0.4 is 0 Å². The number of carboxylic acid groups (broad SMARTS) is 2. The molecule has 0 aromatic rings. The molecule has 0 unspecified atom stereocenters. The van der Waals surface area contributed by atoms with Crippen LogP contribution in [0.4, 0.5) is 0 Å². The lowest BCUT2D eigenvalue weighted by molar-refractivity contribution is -0.165. The number of hydrogen-bond donors (Lipinski definition) is 2. The minimum Gasteiger partial charge on any atom is -0.480 e. The van der Waals surface area contributed by atoms with E-state index in [2.05, 4.69) is 0 Å². The number of carboxylic acids is 2. The van der Waals surface area contributed by atoms with E-state index >= 15 is 0 Å². The smallest absolute Gasteiger partial charge is 0.321 e. The van der Waals surface area contributed by atoms with Gasteiger partial charge in [0.25, 0.3) is 0 Å². The summed E-state index contributed by atoms with van der Waals surface area (Å²) in [7, 11) is 0. The first-order valence-corrected chi connectivity index (χ1v) is 4.98. The van der Waals surface area contributed by atoms with Gasteiger partial charge in [-0.25, -0.2) is 0 Å². The molecule has 0 saturated carbocycles. The summed E-state index contributed by atoms with van der Waals surface area (Å²) < 4.78 is 0. The fourth-order valence-electron chi connectivity index (χ4n) is 1.46. The lowest BCUT2D eigenvalue weighted by Crippen LogP contribution is -2.38. The average Bonchev–Trinajstić information content (AvgIpc) is 2.11. The fraction of sp³-hybridized carbons (Fsp3) is 0.800. The van der Waals surface area contributed by atoms with Crippen LogP contribution in [0.25, 0.3) is 0 Å². The summed E-state index contributed by atoms with van der Waals surface area (Å²) in [6.07, 6.45) is 2.85. The molecule has 0 saturated heterocycles. The first kappa shape index (κ1) is 12.9. The molecule has 0 fully saturated rings. The lowest BCUT2D eigenvalue weighted by atomic mass is 9.80. The van der Waals surface area contributed by atoms with Crippen molar-refractivity contribution < 1.29 is 19.8 Å². The summed E-state index contributed by atoms with van der Waals surface area (Å²) in [6, 6.07) is 0. The number of rotatable bonds is 7. The SMILES string of the molecule is CCCCCC(CC)(C(=O)O)C(=O)O. The molecule has 0 aliphatic heterocycles. The molecule has 0 aliphatic carbocycles. The molecule has 0 amide bonds. The van der Waals surface area contributed by atoms with Gasteiger partial charge in [0.05, 0.1) is 0 Å². The molecular formula is C10H18O4. The van der Waals surface area contributed by atoms with Crippen LogP contribution >= 0.6 is 0 Å². The van der Waals surface area contributed by atoms with Gasteiger partial charge in [-0.1, -0.05) is 33.1 Å². The molecule has 0 aliphatic rings. The van der Waals surface area contributed by atoms with Gasteiger partial charge in [-0.3, -0.25) is 9.59 Å². The standard InChI is InChI=1S/C10H18O4/c1-3-5-6-7-10(4-2,8(11)12)9(13)14/h3-7H2,1-2H3,(H,11,12)(H,13,14). The van der Waals surface area contributed by atoms with E-state index in [0.717, 1.165) is 12.8 Å². The molecule has 0 rings (SSSR count). The van der Waals surface area contributed by atoms with Gasteiger partial charge in [-0.05, 0) is 12.8 Å². The maximum Gasteiger partial charge on any atom is 0.321 e. The topological polar surface area (TPSA) is 74.6 Å². The minimum atomic E-state index is -1.57. The number of unbranched alkanes of at least 4 members (excludes halogenated alkanes) is 2. The second-order valence-corrected chi connectivity index (χ2v) is 3.50. The number of carbonyl (C=O) groups is 2. The van der Waals surface area contributed by atoms with E-state index in [4.69, 9.17) is 10.2 Å². The van der Waals surface area contributed by atoms with Crippen molar-refractivity contribution in [1.82, 2.24) is 0 Å². The second kappa shape index (κ2) is 5.62. The van der Waals surface area contributed by atoms with E-state index in [-0.39, 0.29) is 12.8 Å². The molecule has 0 spiro atoms. The predicted molar refractivity (Wildman–Crippen MR) is 52.1 cm³/mol. The van der Waals surface area contributed by atoms with Crippen molar-refractivity contribution in [3.05, 3.63) is 0 Å². The van der Waals surface area contributed by atoms with Gasteiger partial charge in [-0.2, -0.15) is 0 Å². The molecular weight excluding hydrogens is 184 g/mol. The van der Waals surface area contributed by atoms with Gasteiger partial charge in [0, 0.05) is 0 Å². The Morgan fingerprint density at radius 3 is 1.86 bits per heavy atom. The monoisotopic (exact) mass is 202 g/mol. The van der Waals surface area contributed by atoms with E-state index < -0.39 is 17.4 Å². The molecule has 0 radical (unpaired) electrons. The van der Waals surface area contributed by atoms with Gasteiger partial charge in [0.15, 0.2) is 5.41 Å². The maximum atomic E-state index is 10.9. The zero-order valence-corrected chi connectivity index (χ0v) is 8.75. The Morgan fingerprint density at radius 1 is 1.07 bits per heavy atom. The maximum absolute atomic E-state index is 10.9. The van der Waals surface area contributed by atoms with Crippen molar-refractivity contribution in [2.75, 3.05) is 0 Å². The third-order valence-corrected chi connectivity index (χ3v) is 2.63. The predicted octanol–water partition coefficient (Wildman–Crippen LogP) is 2.13. The van der Waals surface area contributed by atoms with Crippen LogP contribution in [0.2, 0.25) is 0 Å². The van der Waals surface area contributed by atoms with Gasteiger partial charge < -0.3 is 10.2 Å². The molecule has 0 heterocycles. The Kier molecular flexibility index (Phi) is 5.20. The molecule has 0 bridgehead atoms. The zero-order chi connectivity index (χ0) is 11.2. The molecule has 14 heavy (non-hydrogen) atoms. The molecule has 4 heteroatoms. The van der Waals surface area contributed by atoms with E-state index in [1.807, 2.05) is 6.92 Å². The summed E-state index contributed by atoms with van der Waals surface area (Å²) in [5.74, 6) is -2.44. The first-order valence-electron chi connectivity index (χ1n) is 4.98. The minimum absolute atomic E-state index is 0.140. The van der Waals surface area contributed by atoms with Crippen LogP contribution in [0.1, 0.15) is 46.0 Å². The number of aliphatic carboxylic acids is 2. The summed E-state index contributed by atoms with van der Waals surface area (Å²) in [5, 5.41) is 17.8. The van der Waals surface area contributed by atoms with Crippen LogP contribution in [0.15, 0.2) is 0 Å². The van der Waals surface area contributed by atoms with E-state index in [0.29, 0.717) is 6.42 Å². The van der Waals surface area contributed by atoms with E-state index in [1.54, 1.807) is 6.92 Å². The third kappa shape index (κ3) is 2.72. The Bertz CT molecular complexity index is 196. The largest absolute Gasteiger partial charge is 0.480 e. The summed E-state index contributed by atoms with van der Waals surface area (Å²) in [4.78, 5) is 21.8. The van der Waals surface area contributed by atoms with Crippen molar-refractivity contribution in [1.29, 1.82) is 0 Å². The van der Waals surface area contributed by atoms with Crippen molar-refractivity contribution in [3.8, 4) is 0 Å². The Balaban J connectivity index is 4.52. The Morgan fingerprint density at radius 2 is 1.57 bits per heavy atom. The quantitative estimate of drug-likeness (QED) is 0.490. The highest BCUT2D eigenvalue weighted by Crippen LogP contribution is 2.29. The average molecular weight is 202 g/mol. The first-order chi connectivity index (χ1) is 6.51. The molecule has 0 atom stereocenters. The Labute approximate surface area is 83.9 Å². The van der Waals surface area contributed by atoms with Crippen LogP contribution in [-0.2, 0) is 9.59 Å². The van der Waals surface area contributed by atoms with Gasteiger partial charge >= 0.3 is 11.9 Å². The normalized spacial score (nSPS) is 11.3. The highest BCUT2D eigenvalue weighted by molar-refractivity contribution is 5.98. The van der Waals surface area contributed by atoms with E-state index in [1.165, 1.54) is 0 Å². The van der Waals surface area contributed by atoms with Gasteiger partial charge in [0.2, 0.25) is 0 Å². The summed E-state index contributed by atoms with van der Waals surface area (Å²) in [6.45, 7) is 3.60. The third-order valence-electron chi connectivity index (χ3n) is 2.63. The molecule has 2 N–H and O–H groups in total. The van der Waals surface area contributed by atoms with Crippen LogP contribution in [0, 0.1) is 5.41 Å². The van der Waals surface area contributed by atoms with Gasteiger partial charge in [0.1, 0.15) is 0 Å². The molecule has 0 aromatic carbocycles. The van der Waals surface area contributed by atoms with Crippen molar-refractivity contribution in [3.63, 3.8) is 0 Å². The highest BCUT2D eigenvalue weighted by Gasteiger charge is 2.43. The van der Waals surface area contributed by atoms with Crippen LogP contribution in [-0.4, -0.2) is 22.2 Å². The highest BCUT2D eigenvalue weighted by atomic mass is 16.4. The lowest BCUT2D eigenvalue weighted by Gasteiger charge is -2.22. The van der Waals surface area contributed by atoms with E-state index in [9.17, 15) is 9.59 Å². The Hall–Kier alpha value is -1.06. The number of hydrogen-bond acceptors (Lipinski definition) is 2. The van der Waals surface area contributed by atoms with Crippen molar-refractivity contribution in [2.45, 2.75) is 46.0 Å². The fourth-order valence-corrected chi connectivity index (χ4v) is 1.46. The molecule has 0 aromatic heterocycles. The van der Waals surface area contributed by atoms with Crippen LogP contribution in [0.5, 0.6) is 0 Å². The van der Waals surface area contributed by atoms with Crippen molar-refractivity contribution >= 4 is 11.9 Å². The summed E-state index contributed by atoms with van der Waals surface area (Å²) in [5.41, 5.74) is -1.57.